The van der Waals surface area contributed by atoms with Crippen LogP contribution in [0, 0.1) is 0 Å². The first-order chi connectivity index (χ1) is 4.83. The summed E-state index contributed by atoms with van der Waals surface area (Å²) in [6.45, 7) is 8.01. The number of halogens is 1. The fourth-order valence-corrected chi connectivity index (χ4v) is 1.29. The maximum Gasteiger partial charge on any atom is 0.0257 e. The predicted octanol–water partition coefficient (Wildman–Crippen LogP) is 2.83. The highest BCUT2D eigenvalue weighted by Crippen LogP contribution is 1.80. The molecule has 0 nitrogen and oxygen atoms in total. The van der Waals surface area contributed by atoms with Crippen LogP contribution in [0.5, 0.6) is 0 Å². The van der Waals surface area contributed by atoms with Crippen LogP contribution in [0.3, 0.4) is 0 Å². The Hall–Kier alpha value is 0.247. The van der Waals surface area contributed by atoms with E-state index in [0.29, 0.717) is 15.4 Å². The van der Waals surface area contributed by atoms with Gasteiger partial charge >= 0.3 is 0 Å². The first-order valence-electron chi connectivity index (χ1n) is 4.00. The molecule has 0 aromatic rings. The molecule has 0 aromatic heterocycles. The second-order valence-electron chi connectivity index (χ2n) is 2.12. The highest BCUT2D eigenvalue weighted by molar-refractivity contribution is 6.34. The molecule has 0 unspecified atom stereocenters. The average Bonchev–Trinajstić information content (AvgIpc) is 1.93. The quantitative estimate of drug-likeness (QED) is 0.353. The summed E-state index contributed by atoms with van der Waals surface area (Å²) >= 11 is 5.23. The van der Waals surface area contributed by atoms with Gasteiger partial charge in [-0.25, -0.2) is 0 Å². The van der Waals surface area contributed by atoms with Crippen molar-refractivity contribution in [1.82, 2.24) is 0 Å². The number of hydrogen-bond donors (Lipinski definition) is 0. The fourth-order valence-electron chi connectivity index (χ4n) is 0.431. The average molecular weight is 179 g/mol. The molecular formula is C8H19ClSi. The first kappa shape index (κ1) is 12.9. The van der Waals surface area contributed by atoms with Gasteiger partial charge in [-0.3, -0.25) is 0 Å². The van der Waals surface area contributed by atoms with E-state index in [1.165, 1.54) is 12.1 Å². The molecule has 0 bridgehead atoms. The molecule has 0 aliphatic rings. The third-order valence-electron chi connectivity index (χ3n) is 1.02. The van der Waals surface area contributed by atoms with Crippen LogP contribution in [-0.2, 0) is 0 Å². The summed E-state index contributed by atoms with van der Waals surface area (Å²) in [6.07, 6.45) is 2.72. The summed E-state index contributed by atoms with van der Waals surface area (Å²) in [5, 5.41) is 0. The van der Waals surface area contributed by atoms with E-state index in [0.717, 1.165) is 6.42 Å². The molecule has 2 heteroatoms. The van der Waals surface area contributed by atoms with Crippen LogP contribution in [0.4, 0.5) is 0 Å². The van der Waals surface area contributed by atoms with Gasteiger partial charge < -0.3 is 0 Å². The SMILES string of the molecule is C=CCCCl.CC[SiH2]CC. The van der Waals surface area contributed by atoms with Crippen molar-refractivity contribution in [3.8, 4) is 0 Å². The second kappa shape index (κ2) is 16.1. The van der Waals surface area contributed by atoms with Crippen molar-refractivity contribution in [2.24, 2.45) is 0 Å². The summed E-state index contributed by atoms with van der Waals surface area (Å²) in [7, 11) is 0.432. The molecular weight excluding hydrogens is 160 g/mol. The molecule has 0 atom stereocenters. The molecule has 0 aliphatic carbocycles. The van der Waals surface area contributed by atoms with E-state index < -0.39 is 0 Å². The number of alkyl halides is 1. The minimum atomic E-state index is 0.432. The Morgan fingerprint density at radius 1 is 1.40 bits per heavy atom. The molecule has 0 radical (unpaired) electrons. The lowest BCUT2D eigenvalue weighted by molar-refractivity contribution is 1.24. The van der Waals surface area contributed by atoms with Crippen molar-refractivity contribution in [3.05, 3.63) is 12.7 Å². The van der Waals surface area contributed by atoms with Crippen LogP contribution in [0.15, 0.2) is 12.7 Å². The minimum absolute atomic E-state index is 0.432. The standard InChI is InChI=1S/C4H7Cl.C4H12Si/c1-2-3-4-5;1-3-5-4-2/h2H,1,3-4H2;3-5H2,1-2H3. The van der Waals surface area contributed by atoms with Crippen molar-refractivity contribution < 1.29 is 0 Å². The Kier molecular flexibility index (Phi) is 20.8. The number of allylic oxidation sites excluding steroid dienone is 1. The van der Waals surface area contributed by atoms with E-state index in [9.17, 15) is 0 Å². The van der Waals surface area contributed by atoms with Gasteiger partial charge in [-0.05, 0) is 6.42 Å². The molecule has 10 heavy (non-hydrogen) atoms. The summed E-state index contributed by atoms with van der Waals surface area (Å²) < 4.78 is 0. The molecule has 0 N–H and O–H groups in total. The zero-order chi connectivity index (χ0) is 8.24. The van der Waals surface area contributed by atoms with Crippen LogP contribution in [0.25, 0.3) is 0 Å². The smallest absolute Gasteiger partial charge is 0.0257 e. The maximum atomic E-state index is 5.23. The molecule has 0 aliphatic heterocycles. The number of hydrogen-bond acceptors (Lipinski definition) is 0. The Morgan fingerprint density at radius 3 is 1.90 bits per heavy atom. The van der Waals surface area contributed by atoms with Crippen LogP contribution < -0.4 is 0 Å². The highest BCUT2D eigenvalue weighted by atomic mass is 35.5. The molecule has 0 amide bonds. The maximum absolute atomic E-state index is 5.23. The van der Waals surface area contributed by atoms with Crippen molar-refractivity contribution in [2.75, 3.05) is 5.88 Å². The predicted molar refractivity (Wildman–Crippen MR) is 55.0 cm³/mol. The van der Waals surface area contributed by atoms with Gasteiger partial charge in [-0.2, -0.15) is 0 Å². The van der Waals surface area contributed by atoms with E-state index in [2.05, 4.69) is 20.4 Å². The van der Waals surface area contributed by atoms with Crippen LogP contribution in [0.1, 0.15) is 20.3 Å². The van der Waals surface area contributed by atoms with Crippen molar-refractivity contribution in [3.63, 3.8) is 0 Å². The van der Waals surface area contributed by atoms with Gasteiger partial charge in [0.05, 0.1) is 0 Å². The lowest BCUT2D eigenvalue weighted by Gasteiger charge is -1.77. The van der Waals surface area contributed by atoms with Crippen molar-refractivity contribution in [1.29, 1.82) is 0 Å². The topological polar surface area (TPSA) is 0 Å². The van der Waals surface area contributed by atoms with E-state index in [4.69, 9.17) is 11.6 Å². The summed E-state index contributed by atoms with van der Waals surface area (Å²) in [5.74, 6) is 0.698. The molecule has 0 fully saturated rings. The number of rotatable bonds is 4. The summed E-state index contributed by atoms with van der Waals surface area (Å²) in [6, 6.07) is 2.97. The Balaban J connectivity index is 0. The van der Waals surface area contributed by atoms with Crippen molar-refractivity contribution >= 4 is 21.1 Å². The first-order valence-corrected chi connectivity index (χ1v) is 6.53. The van der Waals surface area contributed by atoms with E-state index in [1.54, 1.807) is 6.08 Å². The monoisotopic (exact) mass is 178 g/mol. The van der Waals surface area contributed by atoms with E-state index in [-0.39, 0.29) is 0 Å². The van der Waals surface area contributed by atoms with Crippen LogP contribution in [0.2, 0.25) is 12.1 Å². The van der Waals surface area contributed by atoms with Gasteiger partial charge in [0.1, 0.15) is 0 Å². The lowest BCUT2D eigenvalue weighted by atomic mass is 10.5. The van der Waals surface area contributed by atoms with Crippen molar-refractivity contribution in [2.45, 2.75) is 32.4 Å². The van der Waals surface area contributed by atoms with E-state index in [1.807, 2.05) is 0 Å². The Morgan fingerprint density at radius 2 is 1.90 bits per heavy atom. The van der Waals surface area contributed by atoms with Gasteiger partial charge in [0.15, 0.2) is 0 Å². The highest BCUT2D eigenvalue weighted by Gasteiger charge is 1.70. The molecule has 0 saturated heterocycles. The van der Waals surface area contributed by atoms with E-state index >= 15 is 0 Å². The van der Waals surface area contributed by atoms with Gasteiger partial charge in [0, 0.05) is 15.4 Å². The third kappa shape index (κ3) is 24.0. The van der Waals surface area contributed by atoms with Gasteiger partial charge in [0.2, 0.25) is 0 Å². The van der Waals surface area contributed by atoms with Gasteiger partial charge in [-0.15, -0.1) is 18.2 Å². The minimum Gasteiger partial charge on any atom is -0.126 e. The second-order valence-corrected chi connectivity index (χ2v) is 5.20. The third-order valence-corrected chi connectivity index (χ3v) is 2.65. The van der Waals surface area contributed by atoms with Gasteiger partial charge in [-0.1, -0.05) is 32.0 Å². The summed E-state index contributed by atoms with van der Waals surface area (Å²) in [5.41, 5.74) is 0. The fraction of sp³-hybridized carbons (Fsp3) is 0.750. The zero-order valence-electron chi connectivity index (χ0n) is 7.20. The van der Waals surface area contributed by atoms with Crippen LogP contribution >= 0.6 is 11.6 Å². The summed E-state index contributed by atoms with van der Waals surface area (Å²) in [4.78, 5) is 0. The lowest BCUT2D eigenvalue weighted by Crippen LogP contribution is -1.76. The molecule has 0 heterocycles. The Bertz CT molecular complexity index is 53.2. The van der Waals surface area contributed by atoms with Crippen LogP contribution in [-0.4, -0.2) is 15.4 Å². The molecule has 0 saturated carbocycles. The Labute approximate surface area is 72.5 Å². The zero-order valence-corrected chi connectivity index (χ0v) is 9.37. The largest absolute Gasteiger partial charge is 0.126 e. The molecule has 0 aromatic carbocycles. The molecule has 0 rings (SSSR count). The normalized spacial score (nSPS) is 7.90. The van der Waals surface area contributed by atoms with Gasteiger partial charge in [0.25, 0.3) is 0 Å². The molecule has 62 valence electrons. The molecule has 0 spiro atoms.